The third-order valence-electron chi connectivity index (χ3n) is 4.55. The van der Waals surface area contributed by atoms with Gasteiger partial charge in [-0.3, -0.25) is 9.79 Å². The number of hydrazone groups is 1. The van der Waals surface area contributed by atoms with Gasteiger partial charge < -0.3 is 10.2 Å². The lowest BCUT2D eigenvalue weighted by molar-refractivity contribution is -0.141. The molecule has 0 saturated carbocycles. The molecular weight excluding hydrogens is 286 g/mol. The zero-order valence-corrected chi connectivity index (χ0v) is 11.5. The number of nitrogens with zero attached hydrogens (tertiary/aromatic N) is 3. The van der Waals surface area contributed by atoms with Gasteiger partial charge in [-0.15, -0.1) is 0 Å². The second kappa shape index (κ2) is 4.40. The van der Waals surface area contributed by atoms with Gasteiger partial charge in [-0.1, -0.05) is 24.3 Å². The molecular formula is C15H13N3O4. The van der Waals surface area contributed by atoms with Crippen LogP contribution in [-0.4, -0.2) is 45.3 Å². The lowest BCUT2D eigenvalue weighted by atomic mass is 9.89. The van der Waals surface area contributed by atoms with Crippen molar-refractivity contribution in [1.82, 2.24) is 5.01 Å². The summed E-state index contributed by atoms with van der Waals surface area (Å²) in [5.74, 6) is -3.08. The van der Waals surface area contributed by atoms with Crippen molar-refractivity contribution >= 4 is 24.0 Å². The number of hydrogen-bond donors (Lipinski definition) is 2. The van der Waals surface area contributed by atoms with Gasteiger partial charge >= 0.3 is 11.9 Å². The molecule has 1 aromatic carbocycles. The predicted molar refractivity (Wildman–Crippen MR) is 76.7 cm³/mol. The fraction of sp³-hybridized carbons (Fsp3) is 0.333. The summed E-state index contributed by atoms with van der Waals surface area (Å²) in [6.07, 6.45) is 1.93. The van der Waals surface area contributed by atoms with E-state index in [1.54, 1.807) is 5.01 Å². The maximum absolute atomic E-state index is 11.6. The highest BCUT2D eigenvalue weighted by Crippen LogP contribution is 2.47. The summed E-state index contributed by atoms with van der Waals surface area (Å²) >= 11 is 0. The lowest BCUT2D eigenvalue weighted by Gasteiger charge is -2.36. The summed E-state index contributed by atoms with van der Waals surface area (Å²) in [5, 5.41) is 24.6. The van der Waals surface area contributed by atoms with Crippen molar-refractivity contribution in [2.75, 3.05) is 0 Å². The normalized spacial score (nSPS) is 31.3. The van der Waals surface area contributed by atoms with Gasteiger partial charge in [-0.25, -0.2) is 9.80 Å². The molecule has 112 valence electrons. The number of carboxylic acid groups (broad SMARTS) is 2. The van der Waals surface area contributed by atoms with E-state index in [9.17, 15) is 19.8 Å². The molecule has 4 atom stereocenters. The van der Waals surface area contributed by atoms with Crippen molar-refractivity contribution in [3.8, 4) is 0 Å². The minimum absolute atomic E-state index is 0.220. The molecule has 1 aliphatic carbocycles. The van der Waals surface area contributed by atoms with Gasteiger partial charge in [0, 0.05) is 12.1 Å². The van der Waals surface area contributed by atoms with Gasteiger partial charge in [0.1, 0.15) is 5.84 Å². The first-order valence-electron chi connectivity index (χ1n) is 7.02. The minimum atomic E-state index is -1.07. The Kier molecular flexibility index (Phi) is 2.60. The van der Waals surface area contributed by atoms with Crippen LogP contribution in [0, 0.1) is 11.8 Å². The minimum Gasteiger partial charge on any atom is -0.480 e. The van der Waals surface area contributed by atoms with E-state index in [1.807, 2.05) is 24.3 Å². The first-order chi connectivity index (χ1) is 10.6. The Morgan fingerprint density at radius 2 is 1.95 bits per heavy atom. The molecule has 0 fully saturated rings. The fourth-order valence-electron chi connectivity index (χ4n) is 3.61. The smallest absolute Gasteiger partial charge is 0.328 e. The lowest BCUT2D eigenvalue weighted by Crippen LogP contribution is -2.46. The Bertz CT molecular complexity index is 742. The van der Waals surface area contributed by atoms with Gasteiger partial charge in [0.2, 0.25) is 0 Å². The highest BCUT2D eigenvalue weighted by Gasteiger charge is 2.51. The quantitative estimate of drug-likeness (QED) is 0.839. The van der Waals surface area contributed by atoms with Crippen molar-refractivity contribution in [3.05, 3.63) is 35.4 Å². The van der Waals surface area contributed by atoms with E-state index >= 15 is 0 Å². The Morgan fingerprint density at radius 3 is 2.68 bits per heavy atom. The molecule has 4 unspecified atom stereocenters. The van der Waals surface area contributed by atoms with Crippen molar-refractivity contribution in [2.45, 2.75) is 18.5 Å². The van der Waals surface area contributed by atoms with Crippen molar-refractivity contribution in [2.24, 2.45) is 21.9 Å². The van der Waals surface area contributed by atoms with Crippen LogP contribution in [0.1, 0.15) is 17.2 Å². The van der Waals surface area contributed by atoms with Crippen LogP contribution >= 0.6 is 0 Å². The highest BCUT2D eigenvalue weighted by atomic mass is 16.4. The molecule has 0 bridgehead atoms. The molecule has 0 radical (unpaired) electrons. The molecule has 1 aromatic rings. The average molecular weight is 299 g/mol. The Balaban J connectivity index is 1.85. The van der Waals surface area contributed by atoms with Crippen LogP contribution in [-0.2, 0) is 16.0 Å². The molecule has 4 rings (SSSR count). The second-order valence-electron chi connectivity index (χ2n) is 5.71. The molecule has 0 spiro atoms. The number of carbonyl (C=O) groups is 2. The van der Waals surface area contributed by atoms with E-state index in [4.69, 9.17) is 0 Å². The Labute approximate surface area is 125 Å². The predicted octanol–water partition coefficient (Wildman–Crippen LogP) is 0.767. The molecule has 2 heterocycles. The van der Waals surface area contributed by atoms with Crippen LogP contribution in [0.15, 0.2) is 34.4 Å². The third kappa shape index (κ3) is 1.62. The first-order valence-corrected chi connectivity index (χ1v) is 7.02. The second-order valence-corrected chi connectivity index (χ2v) is 5.71. The van der Waals surface area contributed by atoms with Crippen LogP contribution in [0.4, 0.5) is 0 Å². The van der Waals surface area contributed by atoms with Crippen LogP contribution in [0.5, 0.6) is 0 Å². The summed E-state index contributed by atoms with van der Waals surface area (Å²) in [4.78, 5) is 27.1. The number of aliphatic imine (C=N–C) groups is 1. The maximum atomic E-state index is 11.6. The van der Waals surface area contributed by atoms with Crippen molar-refractivity contribution < 1.29 is 19.8 Å². The van der Waals surface area contributed by atoms with Crippen molar-refractivity contribution in [3.63, 3.8) is 0 Å². The zero-order valence-electron chi connectivity index (χ0n) is 11.5. The number of hydrogen-bond acceptors (Lipinski definition) is 5. The molecule has 2 aliphatic heterocycles. The van der Waals surface area contributed by atoms with E-state index in [0.717, 1.165) is 11.1 Å². The average Bonchev–Trinajstić information content (AvgIpc) is 3.06. The Hall–Kier alpha value is -2.70. The monoisotopic (exact) mass is 299 g/mol. The van der Waals surface area contributed by atoms with E-state index in [2.05, 4.69) is 10.1 Å². The number of amidine groups is 1. The zero-order chi connectivity index (χ0) is 15.4. The molecule has 0 aromatic heterocycles. The maximum Gasteiger partial charge on any atom is 0.328 e. The SMILES string of the molecule is O=C(O)C1C=NN2C1=NC(C(=O)O)C1Cc3ccccc3C12. The molecule has 7 nitrogen and oxygen atoms in total. The van der Waals surface area contributed by atoms with Crippen LogP contribution in [0.2, 0.25) is 0 Å². The standard InChI is InChI=1S/C15H13N3O4/c19-14(20)10-6-16-18-12-8-4-2-1-3-7(8)5-9(12)11(15(21)22)17-13(10)18/h1-4,6,9-12H,5H2,(H,19,20)(H,21,22). The number of aliphatic carboxylic acids is 2. The molecule has 0 saturated heterocycles. The first kappa shape index (κ1) is 13.0. The van der Waals surface area contributed by atoms with E-state index in [-0.39, 0.29) is 17.8 Å². The van der Waals surface area contributed by atoms with Crippen molar-refractivity contribution in [1.29, 1.82) is 0 Å². The van der Waals surface area contributed by atoms with Gasteiger partial charge in [0.25, 0.3) is 0 Å². The third-order valence-corrected chi connectivity index (χ3v) is 4.55. The van der Waals surface area contributed by atoms with Crippen LogP contribution in [0.25, 0.3) is 0 Å². The summed E-state index contributed by atoms with van der Waals surface area (Å²) < 4.78 is 0. The van der Waals surface area contributed by atoms with Gasteiger partial charge in [-0.2, -0.15) is 5.10 Å². The molecule has 7 heteroatoms. The number of carboxylic acids is 2. The number of fused-ring (bicyclic) bond motifs is 5. The van der Waals surface area contributed by atoms with Crippen LogP contribution < -0.4 is 0 Å². The van der Waals surface area contributed by atoms with Gasteiger partial charge in [0.15, 0.2) is 12.0 Å². The summed E-state index contributed by atoms with van der Waals surface area (Å²) in [6.45, 7) is 0. The summed E-state index contributed by atoms with van der Waals surface area (Å²) in [7, 11) is 0. The summed E-state index contributed by atoms with van der Waals surface area (Å²) in [6, 6.07) is 6.54. The van der Waals surface area contributed by atoms with E-state index in [0.29, 0.717) is 6.42 Å². The molecule has 22 heavy (non-hydrogen) atoms. The fourth-order valence-corrected chi connectivity index (χ4v) is 3.61. The molecule has 2 N–H and O–H groups in total. The number of benzene rings is 1. The van der Waals surface area contributed by atoms with Gasteiger partial charge in [0.05, 0.1) is 6.04 Å². The number of rotatable bonds is 2. The Morgan fingerprint density at radius 1 is 1.18 bits per heavy atom. The van der Waals surface area contributed by atoms with Gasteiger partial charge in [-0.05, 0) is 17.5 Å². The molecule has 3 aliphatic rings. The highest BCUT2D eigenvalue weighted by molar-refractivity contribution is 6.16. The topological polar surface area (TPSA) is 103 Å². The van der Waals surface area contributed by atoms with E-state index < -0.39 is 23.9 Å². The van der Waals surface area contributed by atoms with E-state index in [1.165, 1.54) is 6.21 Å². The van der Waals surface area contributed by atoms with Crippen LogP contribution in [0.3, 0.4) is 0 Å². The summed E-state index contributed by atoms with van der Waals surface area (Å²) in [5.41, 5.74) is 2.09. The largest absolute Gasteiger partial charge is 0.480 e. The molecule has 0 amide bonds.